The van der Waals surface area contributed by atoms with Crippen LogP contribution in [0.3, 0.4) is 0 Å². The Morgan fingerprint density at radius 3 is 2.84 bits per heavy atom. The van der Waals surface area contributed by atoms with Gasteiger partial charge in [0.25, 0.3) is 11.8 Å². The molecule has 0 spiro atoms. The lowest BCUT2D eigenvalue weighted by atomic mass is 9.97. The van der Waals surface area contributed by atoms with Gasteiger partial charge in [-0.3, -0.25) is 14.8 Å². The number of carbonyl (C=O) groups excluding carboxylic acids is 1. The van der Waals surface area contributed by atoms with Gasteiger partial charge in [-0.05, 0) is 37.1 Å². The summed E-state index contributed by atoms with van der Waals surface area (Å²) in [6.07, 6.45) is 6.80. The van der Waals surface area contributed by atoms with E-state index in [4.69, 9.17) is 4.52 Å². The van der Waals surface area contributed by atoms with Crippen molar-refractivity contribution in [2.24, 2.45) is 0 Å². The molecule has 126 valence electrons. The predicted molar refractivity (Wildman–Crippen MR) is 89.6 cm³/mol. The summed E-state index contributed by atoms with van der Waals surface area (Å²) in [6.45, 7) is 1.32. The van der Waals surface area contributed by atoms with Crippen LogP contribution in [0.2, 0.25) is 0 Å². The van der Waals surface area contributed by atoms with Gasteiger partial charge in [0.05, 0.1) is 0 Å². The molecule has 0 aliphatic carbocycles. The first kappa shape index (κ1) is 15.4. The van der Waals surface area contributed by atoms with Gasteiger partial charge in [0, 0.05) is 43.2 Å². The van der Waals surface area contributed by atoms with Crippen molar-refractivity contribution in [1.29, 1.82) is 0 Å². The summed E-state index contributed by atoms with van der Waals surface area (Å²) in [6, 6.07) is 9.02. The Morgan fingerprint density at radius 1 is 1.16 bits per heavy atom. The van der Waals surface area contributed by atoms with Crippen molar-refractivity contribution in [1.82, 2.24) is 25.0 Å². The molecule has 4 heterocycles. The molecule has 0 bridgehead atoms. The highest BCUT2D eigenvalue weighted by atomic mass is 16.5. The summed E-state index contributed by atoms with van der Waals surface area (Å²) in [7, 11) is 0. The van der Waals surface area contributed by atoms with Crippen LogP contribution in [-0.4, -0.2) is 44.0 Å². The zero-order valence-electron chi connectivity index (χ0n) is 13.6. The van der Waals surface area contributed by atoms with Crippen LogP contribution in [-0.2, 0) is 0 Å². The van der Waals surface area contributed by atoms with Crippen molar-refractivity contribution in [2.45, 2.75) is 18.8 Å². The molecule has 3 aromatic rings. The molecular weight excluding hydrogens is 318 g/mol. The van der Waals surface area contributed by atoms with E-state index in [0.717, 1.165) is 19.4 Å². The van der Waals surface area contributed by atoms with Crippen LogP contribution in [0.25, 0.3) is 11.6 Å². The maximum absolute atomic E-state index is 12.6. The average Bonchev–Trinajstić information content (AvgIpc) is 3.19. The molecule has 0 N–H and O–H groups in total. The first-order valence-electron chi connectivity index (χ1n) is 8.25. The lowest BCUT2D eigenvalue weighted by Gasteiger charge is -2.31. The van der Waals surface area contributed by atoms with Crippen LogP contribution in [0.5, 0.6) is 0 Å². The minimum absolute atomic E-state index is 0.0144. The Labute approximate surface area is 144 Å². The van der Waals surface area contributed by atoms with Gasteiger partial charge in [0.15, 0.2) is 5.82 Å². The van der Waals surface area contributed by atoms with Gasteiger partial charge in [-0.1, -0.05) is 11.2 Å². The van der Waals surface area contributed by atoms with Gasteiger partial charge < -0.3 is 9.42 Å². The molecule has 0 saturated carbocycles. The standard InChI is InChI=1S/C18H17N5O2/c24-18(13-6-9-19-10-7-13)23-11-3-4-14(12-23)16-21-17(25-22-16)15-5-1-2-8-20-15/h1-2,5-10,14H,3-4,11-12H2. The monoisotopic (exact) mass is 335 g/mol. The van der Waals surface area contributed by atoms with Crippen LogP contribution < -0.4 is 0 Å². The fraction of sp³-hybridized carbons (Fsp3) is 0.278. The Morgan fingerprint density at radius 2 is 2.04 bits per heavy atom. The van der Waals surface area contributed by atoms with Gasteiger partial charge in [-0.15, -0.1) is 0 Å². The molecule has 1 aliphatic rings. The minimum Gasteiger partial charge on any atom is -0.338 e. The second-order valence-corrected chi connectivity index (χ2v) is 6.00. The Hall–Kier alpha value is -3.09. The SMILES string of the molecule is O=C(c1ccncc1)N1CCCC(c2noc(-c3ccccn3)n2)C1. The lowest BCUT2D eigenvalue weighted by Crippen LogP contribution is -2.39. The first-order chi connectivity index (χ1) is 12.3. The fourth-order valence-corrected chi connectivity index (χ4v) is 3.04. The highest BCUT2D eigenvalue weighted by molar-refractivity contribution is 5.94. The third-order valence-electron chi connectivity index (χ3n) is 4.33. The topological polar surface area (TPSA) is 85.0 Å². The minimum atomic E-state index is 0.0144. The van der Waals surface area contributed by atoms with Gasteiger partial charge in [0.1, 0.15) is 5.69 Å². The highest BCUT2D eigenvalue weighted by Crippen LogP contribution is 2.27. The molecule has 1 fully saturated rings. The van der Waals surface area contributed by atoms with Gasteiger partial charge >= 0.3 is 0 Å². The molecular formula is C18H17N5O2. The summed E-state index contributed by atoms with van der Waals surface area (Å²) in [5, 5.41) is 4.11. The molecule has 1 saturated heterocycles. The van der Waals surface area contributed by atoms with E-state index in [1.807, 2.05) is 23.1 Å². The molecule has 4 rings (SSSR count). The van der Waals surface area contributed by atoms with Crippen LogP contribution in [0.4, 0.5) is 0 Å². The van der Waals surface area contributed by atoms with E-state index in [0.29, 0.717) is 29.5 Å². The Bertz CT molecular complexity index is 850. The summed E-state index contributed by atoms with van der Waals surface area (Å²) in [5.41, 5.74) is 1.31. The van der Waals surface area contributed by atoms with Crippen molar-refractivity contribution >= 4 is 5.91 Å². The molecule has 7 nitrogen and oxygen atoms in total. The molecule has 1 unspecified atom stereocenters. The van der Waals surface area contributed by atoms with Crippen LogP contribution in [0.1, 0.15) is 34.9 Å². The van der Waals surface area contributed by atoms with Crippen molar-refractivity contribution in [3.05, 3.63) is 60.3 Å². The largest absolute Gasteiger partial charge is 0.338 e. The van der Waals surface area contributed by atoms with Gasteiger partial charge in [0.2, 0.25) is 0 Å². The number of nitrogens with zero attached hydrogens (tertiary/aromatic N) is 5. The molecule has 0 radical (unpaired) electrons. The van der Waals surface area contributed by atoms with E-state index in [1.54, 1.807) is 30.7 Å². The third-order valence-corrected chi connectivity index (χ3v) is 4.33. The number of carbonyl (C=O) groups is 1. The summed E-state index contributed by atoms with van der Waals surface area (Å²) >= 11 is 0. The van der Waals surface area contributed by atoms with Crippen LogP contribution >= 0.6 is 0 Å². The number of amides is 1. The van der Waals surface area contributed by atoms with E-state index >= 15 is 0 Å². The molecule has 0 aromatic carbocycles. The van der Waals surface area contributed by atoms with Crippen molar-refractivity contribution in [2.75, 3.05) is 13.1 Å². The van der Waals surface area contributed by atoms with Crippen LogP contribution in [0, 0.1) is 0 Å². The number of rotatable bonds is 3. The highest BCUT2D eigenvalue weighted by Gasteiger charge is 2.28. The summed E-state index contributed by atoms with van der Waals surface area (Å²) in [4.78, 5) is 27.1. The van der Waals surface area contributed by atoms with Crippen LogP contribution in [0.15, 0.2) is 53.4 Å². The third kappa shape index (κ3) is 3.26. The quantitative estimate of drug-likeness (QED) is 0.731. The number of pyridine rings is 2. The molecule has 1 atom stereocenters. The molecule has 3 aromatic heterocycles. The maximum Gasteiger partial charge on any atom is 0.276 e. The number of likely N-dealkylation sites (tertiary alicyclic amines) is 1. The van der Waals surface area contributed by atoms with Crippen molar-refractivity contribution < 1.29 is 9.32 Å². The Balaban J connectivity index is 1.50. The normalized spacial score (nSPS) is 17.4. The van der Waals surface area contributed by atoms with E-state index < -0.39 is 0 Å². The molecule has 1 aliphatic heterocycles. The molecule has 1 amide bonds. The number of piperidine rings is 1. The Kier molecular flexibility index (Phi) is 4.20. The summed E-state index contributed by atoms with van der Waals surface area (Å²) in [5.74, 6) is 1.13. The fourth-order valence-electron chi connectivity index (χ4n) is 3.04. The van der Waals surface area contributed by atoms with E-state index in [-0.39, 0.29) is 11.8 Å². The van der Waals surface area contributed by atoms with Gasteiger partial charge in [-0.2, -0.15) is 4.98 Å². The second kappa shape index (κ2) is 6.80. The van der Waals surface area contributed by atoms with Gasteiger partial charge in [-0.25, -0.2) is 0 Å². The van der Waals surface area contributed by atoms with E-state index in [2.05, 4.69) is 20.1 Å². The number of hydrogen-bond donors (Lipinski definition) is 0. The lowest BCUT2D eigenvalue weighted by molar-refractivity contribution is 0.0703. The summed E-state index contributed by atoms with van der Waals surface area (Å²) < 4.78 is 5.35. The van der Waals surface area contributed by atoms with Crippen molar-refractivity contribution in [3.63, 3.8) is 0 Å². The van der Waals surface area contributed by atoms with E-state index in [1.165, 1.54) is 0 Å². The first-order valence-corrected chi connectivity index (χ1v) is 8.25. The zero-order valence-corrected chi connectivity index (χ0v) is 13.6. The maximum atomic E-state index is 12.6. The smallest absolute Gasteiger partial charge is 0.276 e. The molecule has 7 heteroatoms. The number of hydrogen-bond acceptors (Lipinski definition) is 6. The zero-order chi connectivity index (χ0) is 17.1. The number of aromatic nitrogens is 4. The second-order valence-electron chi connectivity index (χ2n) is 6.00. The predicted octanol–water partition coefficient (Wildman–Crippen LogP) is 2.55. The average molecular weight is 335 g/mol. The van der Waals surface area contributed by atoms with Crippen molar-refractivity contribution in [3.8, 4) is 11.6 Å². The van der Waals surface area contributed by atoms with E-state index in [9.17, 15) is 4.79 Å². The molecule has 25 heavy (non-hydrogen) atoms.